The van der Waals surface area contributed by atoms with Crippen LogP contribution in [0.25, 0.3) is 6.08 Å². The number of benzene rings is 1. The minimum absolute atomic E-state index is 0.515. The van der Waals surface area contributed by atoms with Crippen LogP contribution in [-0.2, 0) is 0 Å². The molecule has 1 rings (SSSR count). The molecule has 1 aromatic carbocycles. The van der Waals surface area contributed by atoms with Gasteiger partial charge in [0.2, 0.25) is 0 Å². The van der Waals surface area contributed by atoms with Crippen LogP contribution in [0.1, 0.15) is 11.1 Å². The Kier molecular flexibility index (Phi) is 2.68. The Morgan fingerprint density at radius 3 is 2.69 bits per heavy atom. The number of allylic oxidation sites excluding steroid dienone is 1. The molecule has 3 heteroatoms. The molecule has 13 heavy (non-hydrogen) atoms. The number of hydrogen-bond donors (Lipinski definition) is 1. The minimum atomic E-state index is 0.515. The monoisotopic (exact) mass is 169 g/mol. The maximum absolute atomic E-state index is 8.70. The molecule has 3 nitrogen and oxygen atoms in total. The van der Waals surface area contributed by atoms with Crippen LogP contribution >= 0.6 is 0 Å². The van der Waals surface area contributed by atoms with E-state index in [2.05, 4.69) is 0 Å². The molecule has 0 aliphatic carbocycles. The highest BCUT2D eigenvalue weighted by Gasteiger charge is 1.97. The van der Waals surface area contributed by atoms with Gasteiger partial charge in [-0.2, -0.15) is 10.5 Å². The Bertz CT molecular complexity index is 419. The molecule has 0 bridgehead atoms. The van der Waals surface area contributed by atoms with Gasteiger partial charge in [-0.1, -0.05) is 0 Å². The molecule has 0 fully saturated rings. The second-order valence-corrected chi connectivity index (χ2v) is 2.42. The Balaban J connectivity index is 3.19. The molecular formula is C10H7N3. The van der Waals surface area contributed by atoms with E-state index in [1.54, 1.807) is 24.3 Å². The molecule has 0 saturated heterocycles. The van der Waals surface area contributed by atoms with E-state index in [-0.39, 0.29) is 0 Å². The van der Waals surface area contributed by atoms with E-state index < -0.39 is 0 Å². The molecule has 0 aromatic heterocycles. The molecule has 0 saturated carbocycles. The van der Waals surface area contributed by atoms with Crippen LogP contribution in [0.2, 0.25) is 0 Å². The van der Waals surface area contributed by atoms with Crippen LogP contribution in [0.3, 0.4) is 0 Å². The first-order chi connectivity index (χ1) is 6.27. The first-order valence-corrected chi connectivity index (χ1v) is 3.63. The van der Waals surface area contributed by atoms with Gasteiger partial charge in [0.15, 0.2) is 0 Å². The van der Waals surface area contributed by atoms with Gasteiger partial charge in [-0.3, -0.25) is 0 Å². The van der Waals surface area contributed by atoms with Gasteiger partial charge < -0.3 is 5.73 Å². The predicted octanol–water partition coefficient (Wildman–Crippen LogP) is 1.68. The van der Waals surface area contributed by atoms with Crippen molar-refractivity contribution < 1.29 is 0 Å². The maximum Gasteiger partial charge on any atom is 0.0997 e. The topological polar surface area (TPSA) is 73.6 Å². The Labute approximate surface area is 76.3 Å². The largest absolute Gasteiger partial charge is 0.399 e. The zero-order valence-electron chi connectivity index (χ0n) is 6.86. The number of anilines is 1. The summed E-state index contributed by atoms with van der Waals surface area (Å²) >= 11 is 0. The van der Waals surface area contributed by atoms with Gasteiger partial charge in [0.05, 0.1) is 17.7 Å². The van der Waals surface area contributed by atoms with Gasteiger partial charge in [0, 0.05) is 11.8 Å². The van der Waals surface area contributed by atoms with Crippen LogP contribution < -0.4 is 5.73 Å². The zero-order chi connectivity index (χ0) is 9.68. The number of hydrogen-bond acceptors (Lipinski definition) is 3. The summed E-state index contributed by atoms with van der Waals surface area (Å²) in [5.41, 5.74) is 7.29. The molecular weight excluding hydrogens is 162 g/mol. The van der Waals surface area contributed by atoms with Crippen molar-refractivity contribution in [1.29, 1.82) is 10.5 Å². The quantitative estimate of drug-likeness (QED) is 0.513. The number of nitrogens with two attached hydrogens (primary N) is 1. The maximum atomic E-state index is 8.70. The number of nitriles is 2. The zero-order valence-corrected chi connectivity index (χ0v) is 6.86. The third-order valence-corrected chi connectivity index (χ3v) is 1.53. The lowest BCUT2D eigenvalue weighted by Gasteiger charge is -1.97. The number of nitrogens with zero attached hydrogens (tertiary/aromatic N) is 2. The molecule has 0 aliphatic rings. The van der Waals surface area contributed by atoms with Crippen molar-refractivity contribution in [1.82, 2.24) is 0 Å². The van der Waals surface area contributed by atoms with Crippen molar-refractivity contribution in [2.45, 2.75) is 0 Å². The summed E-state index contributed by atoms with van der Waals surface area (Å²) in [4.78, 5) is 0. The second kappa shape index (κ2) is 3.94. The Morgan fingerprint density at radius 2 is 2.08 bits per heavy atom. The fraction of sp³-hybridized carbons (Fsp3) is 0. The van der Waals surface area contributed by atoms with E-state index in [4.69, 9.17) is 16.3 Å². The minimum Gasteiger partial charge on any atom is -0.399 e. The summed E-state index contributed by atoms with van der Waals surface area (Å²) in [5, 5.41) is 17.0. The van der Waals surface area contributed by atoms with Gasteiger partial charge in [0.25, 0.3) is 0 Å². The molecule has 0 spiro atoms. The van der Waals surface area contributed by atoms with Gasteiger partial charge in [-0.05, 0) is 29.8 Å². The molecule has 62 valence electrons. The SMILES string of the molecule is N#CC=Cc1cc(N)ccc1C#N. The fourth-order valence-electron chi connectivity index (χ4n) is 0.948. The van der Waals surface area contributed by atoms with E-state index in [9.17, 15) is 0 Å². The summed E-state index contributed by atoms with van der Waals surface area (Å²) in [5.74, 6) is 0. The van der Waals surface area contributed by atoms with Crippen molar-refractivity contribution in [2.24, 2.45) is 0 Å². The standard InChI is InChI=1S/C10H7N3/c11-5-1-2-8-6-10(13)4-3-9(8)7-12/h1-4,6H,13H2. The van der Waals surface area contributed by atoms with Crippen LogP contribution in [0.4, 0.5) is 5.69 Å². The van der Waals surface area contributed by atoms with E-state index in [0.29, 0.717) is 16.8 Å². The third-order valence-electron chi connectivity index (χ3n) is 1.53. The van der Waals surface area contributed by atoms with Gasteiger partial charge in [0.1, 0.15) is 0 Å². The Hall–Kier alpha value is -2.26. The van der Waals surface area contributed by atoms with Crippen molar-refractivity contribution in [3.05, 3.63) is 35.4 Å². The van der Waals surface area contributed by atoms with Crippen molar-refractivity contribution >= 4 is 11.8 Å². The van der Waals surface area contributed by atoms with Gasteiger partial charge >= 0.3 is 0 Å². The highest BCUT2D eigenvalue weighted by atomic mass is 14.5. The third kappa shape index (κ3) is 2.08. The van der Waals surface area contributed by atoms with Gasteiger partial charge in [-0.25, -0.2) is 0 Å². The molecule has 0 amide bonds. The van der Waals surface area contributed by atoms with Crippen molar-refractivity contribution in [3.8, 4) is 12.1 Å². The average Bonchev–Trinajstić information content (AvgIpc) is 2.15. The lowest BCUT2D eigenvalue weighted by atomic mass is 10.1. The molecule has 1 aromatic rings. The normalized spacial score (nSPS) is 9.38. The number of rotatable bonds is 1. The van der Waals surface area contributed by atoms with Crippen LogP contribution in [-0.4, -0.2) is 0 Å². The molecule has 0 unspecified atom stereocenters. The summed E-state index contributed by atoms with van der Waals surface area (Å²) in [6.07, 6.45) is 2.88. The summed E-state index contributed by atoms with van der Waals surface area (Å²) < 4.78 is 0. The summed E-state index contributed by atoms with van der Waals surface area (Å²) in [6.45, 7) is 0. The molecule has 0 radical (unpaired) electrons. The highest BCUT2D eigenvalue weighted by molar-refractivity contribution is 5.63. The second-order valence-electron chi connectivity index (χ2n) is 2.42. The lowest BCUT2D eigenvalue weighted by Crippen LogP contribution is -1.88. The number of nitrogen functional groups attached to an aromatic ring is 1. The van der Waals surface area contributed by atoms with E-state index in [1.165, 1.54) is 6.08 Å². The average molecular weight is 169 g/mol. The van der Waals surface area contributed by atoms with Crippen LogP contribution in [0.15, 0.2) is 24.3 Å². The van der Waals surface area contributed by atoms with E-state index in [0.717, 1.165) is 0 Å². The van der Waals surface area contributed by atoms with Gasteiger partial charge in [-0.15, -0.1) is 0 Å². The van der Waals surface area contributed by atoms with Crippen molar-refractivity contribution in [3.63, 3.8) is 0 Å². The fourth-order valence-corrected chi connectivity index (χ4v) is 0.948. The van der Waals surface area contributed by atoms with Crippen molar-refractivity contribution in [2.75, 3.05) is 5.73 Å². The Morgan fingerprint density at radius 1 is 1.31 bits per heavy atom. The van der Waals surface area contributed by atoms with Crippen LogP contribution in [0, 0.1) is 22.7 Å². The molecule has 0 atom stereocenters. The van der Waals surface area contributed by atoms with Crippen LogP contribution in [0.5, 0.6) is 0 Å². The summed E-state index contributed by atoms with van der Waals surface area (Å²) in [7, 11) is 0. The first kappa shape index (κ1) is 8.83. The van der Waals surface area contributed by atoms with E-state index in [1.807, 2.05) is 12.1 Å². The predicted molar refractivity (Wildman–Crippen MR) is 50.2 cm³/mol. The highest BCUT2D eigenvalue weighted by Crippen LogP contribution is 2.13. The molecule has 2 N–H and O–H groups in total. The van der Waals surface area contributed by atoms with E-state index >= 15 is 0 Å². The molecule has 0 aliphatic heterocycles. The molecule has 0 heterocycles. The smallest absolute Gasteiger partial charge is 0.0997 e. The lowest BCUT2D eigenvalue weighted by molar-refractivity contribution is 1.47. The first-order valence-electron chi connectivity index (χ1n) is 3.63. The summed E-state index contributed by atoms with van der Waals surface area (Å²) in [6, 6.07) is 8.82.